The van der Waals surface area contributed by atoms with Crippen LogP contribution < -0.4 is 11.1 Å². The molecule has 0 unspecified atom stereocenters. The summed E-state index contributed by atoms with van der Waals surface area (Å²) >= 11 is 0. The molecule has 0 bridgehead atoms. The van der Waals surface area contributed by atoms with Crippen molar-refractivity contribution in [2.75, 3.05) is 13.1 Å². The van der Waals surface area contributed by atoms with Gasteiger partial charge in [0, 0.05) is 12.5 Å². The van der Waals surface area contributed by atoms with Gasteiger partial charge in [-0.2, -0.15) is 0 Å². The molecule has 1 rings (SSSR count). The first-order valence-corrected chi connectivity index (χ1v) is 7.70. The molecule has 5 nitrogen and oxygen atoms in total. The van der Waals surface area contributed by atoms with E-state index in [1.54, 1.807) is 0 Å². The fourth-order valence-corrected chi connectivity index (χ4v) is 2.94. The zero-order chi connectivity index (χ0) is 15.2. The van der Waals surface area contributed by atoms with Crippen LogP contribution in [0.15, 0.2) is 0 Å². The van der Waals surface area contributed by atoms with Gasteiger partial charge in [-0.1, -0.05) is 13.8 Å². The van der Waals surface area contributed by atoms with Crippen molar-refractivity contribution in [1.82, 2.24) is 5.32 Å². The number of nitrogens with two attached hydrogens (primary N) is 1. The highest BCUT2D eigenvalue weighted by Crippen LogP contribution is 2.29. The van der Waals surface area contributed by atoms with E-state index in [1.807, 2.05) is 13.8 Å². The average Bonchev–Trinajstić information content (AvgIpc) is 2.48. The van der Waals surface area contributed by atoms with Gasteiger partial charge in [0.25, 0.3) is 0 Å². The monoisotopic (exact) mass is 284 g/mol. The number of hydrogen-bond acceptors (Lipinski definition) is 3. The van der Waals surface area contributed by atoms with Crippen molar-refractivity contribution in [3.05, 3.63) is 0 Å². The van der Waals surface area contributed by atoms with E-state index in [1.165, 1.54) is 0 Å². The Hall–Kier alpha value is -1.10. The van der Waals surface area contributed by atoms with E-state index in [0.29, 0.717) is 25.3 Å². The smallest absolute Gasteiger partial charge is 0.311 e. The number of carboxylic acids is 1. The Morgan fingerprint density at radius 3 is 2.15 bits per heavy atom. The molecule has 0 aliphatic heterocycles. The van der Waals surface area contributed by atoms with E-state index in [2.05, 4.69) is 5.32 Å². The highest BCUT2D eigenvalue weighted by molar-refractivity contribution is 5.80. The van der Waals surface area contributed by atoms with Gasteiger partial charge in [-0.25, -0.2) is 0 Å². The number of rotatable bonds is 7. The second-order valence-electron chi connectivity index (χ2n) is 5.96. The highest BCUT2D eigenvalue weighted by Gasteiger charge is 2.36. The van der Waals surface area contributed by atoms with Gasteiger partial charge < -0.3 is 16.2 Å². The second kappa shape index (κ2) is 7.62. The lowest BCUT2D eigenvalue weighted by Crippen LogP contribution is -2.44. The molecule has 1 aliphatic carbocycles. The zero-order valence-corrected chi connectivity index (χ0v) is 12.7. The van der Waals surface area contributed by atoms with Gasteiger partial charge in [0.1, 0.15) is 0 Å². The Labute approximate surface area is 121 Å². The molecule has 0 atom stereocenters. The second-order valence-corrected chi connectivity index (χ2v) is 5.96. The summed E-state index contributed by atoms with van der Waals surface area (Å²) in [4.78, 5) is 23.5. The molecule has 0 aromatic heterocycles. The van der Waals surface area contributed by atoms with Gasteiger partial charge in [-0.15, -0.1) is 0 Å². The van der Waals surface area contributed by atoms with Crippen molar-refractivity contribution < 1.29 is 14.7 Å². The molecule has 116 valence electrons. The van der Waals surface area contributed by atoms with Gasteiger partial charge in [0.15, 0.2) is 0 Å². The predicted octanol–water partition coefficient (Wildman–Crippen LogP) is 1.76. The van der Waals surface area contributed by atoms with E-state index in [-0.39, 0.29) is 18.4 Å². The number of carbonyl (C=O) groups excluding carboxylic acids is 1. The third-order valence-corrected chi connectivity index (χ3v) is 4.96. The largest absolute Gasteiger partial charge is 0.481 e. The molecule has 1 fully saturated rings. The minimum absolute atomic E-state index is 0.00740. The predicted molar refractivity (Wildman–Crippen MR) is 78.2 cm³/mol. The first-order chi connectivity index (χ1) is 9.49. The maximum Gasteiger partial charge on any atom is 0.311 e. The molecule has 0 saturated heterocycles. The SMILES string of the molecule is CCC(CC)(CNC(=O)C1CCC(CN)CC1)C(=O)O. The molecule has 1 saturated carbocycles. The minimum Gasteiger partial charge on any atom is -0.481 e. The van der Waals surface area contributed by atoms with E-state index >= 15 is 0 Å². The number of hydrogen-bond donors (Lipinski definition) is 3. The Kier molecular flexibility index (Phi) is 6.46. The van der Waals surface area contributed by atoms with Crippen LogP contribution in [0.3, 0.4) is 0 Å². The van der Waals surface area contributed by atoms with Crippen molar-refractivity contribution in [2.45, 2.75) is 52.4 Å². The third-order valence-electron chi connectivity index (χ3n) is 4.96. The summed E-state index contributed by atoms with van der Waals surface area (Å²) in [6.07, 6.45) is 4.79. The molecule has 4 N–H and O–H groups in total. The Morgan fingerprint density at radius 1 is 1.20 bits per heavy atom. The van der Waals surface area contributed by atoms with Crippen LogP contribution in [-0.4, -0.2) is 30.1 Å². The van der Waals surface area contributed by atoms with Gasteiger partial charge in [0.05, 0.1) is 5.41 Å². The Balaban J connectivity index is 2.48. The highest BCUT2D eigenvalue weighted by atomic mass is 16.4. The van der Waals surface area contributed by atoms with Crippen LogP contribution in [0.2, 0.25) is 0 Å². The van der Waals surface area contributed by atoms with E-state index < -0.39 is 11.4 Å². The van der Waals surface area contributed by atoms with Crippen LogP contribution >= 0.6 is 0 Å². The van der Waals surface area contributed by atoms with Crippen molar-refractivity contribution in [3.63, 3.8) is 0 Å². The molecule has 0 aromatic rings. The number of nitrogens with one attached hydrogen (secondary N) is 1. The summed E-state index contributed by atoms with van der Waals surface area (Å²) < 4.78 is 0. The van der Waals surface area contributed by atoms with Crippen LogP contribution in [0.4, 0.5) is 0 Å². The fourth-order valence-electron chi connectivity index (χ4n) is 2.94. The van der Waals surface area contributed by atoms with Crippen LogP contribution in [0.25, 0.3) is 0 Å². The molecule has 1 aliphatic rings. The fraction of sp³-hybridized carbons (Fsp3) is 0.867. The van der Waals surface area contributed by atoms with Crippen LogP contribution in [0.1, 0.15) is 52.4 Å². The lowest BCUT2D eigenvalue weighted by atomic mass is 9.80. The van der Waals surface area contributed by atoms with Gasteiger partial charge in [-0.3, -0.25) is 9.59 Å². The molecule has 5 heteroatoms. The Bertz CT molecular complexity index is 332. The number of amides is 1. The number of carbonyl (C=O) groups is 2. The van der Waals surface area contributed by atoms with Crippen molar-refractivity contribution in [3.8, 4) is 0 Å². The maximum absolute atomic E-state index is 12.2. The summed E-state index contributed by atoms with van der Waals surface area (Å²) in [5, 5.41) is 12.2. The quantitative estimate of drug-likeness (QED) is 0.664. The van der Waals surface area contributed by atoms with E-state index in [4.69, 9.17) is 5.73 Å². The van der Waals surface area contributed by atoms with Crippen molar-refractivity contribution in [1.29, 1.82) is 0 Å². The molecule has 20 heavy (non-hydrogen) atoms. The summed E-state index contributed by atoms with van der Waals surface area (Å²) in [5.41, 5.74) is 4.81. The topological polar surface area (TPSA) is 92.4 Å². The van der Waals surface area contributed by atoms with Crippen molar-refractivity contribution >= 4 is 11.9 Å². The zero-order valence-electron chi connectivity index (χ0n) is 12.7. The van der Waals surface area contributed by atoms with Crippen molar-refractivity contribution in [2.24, 2.45) is 23.0 Å². The molecule has 0 heterocycles. The summed E-state index contributed by atoms with van der Waals surface area (Å²) in [6, 6.07) is 0. The first-order valence-electron chi connectivity index (χ1n) is 7.70. The summed E-state index contributed by atoms with van der Waals surface area (Å²) in [5.74, 6) is -0.246. The molecular formula is C15H28N2O3. The minimum atomic E-state index is -0.829. The molecular weight excluding hydrogens is 256 g/mol. The van der Waals surface area contributed by atoms with Gasteiger partial charge >= 0.3 is 5.97 Å². The standard InChI is InChI=1S/C15H28N2O3/c1-3-15(4-2,14(19)20)10-17-13(18)12-7-5-11(9-16)6-8-12/h11-12H,3-10,16H2,1-2H3,(H,17,18)(H,19,20). The van der Waals surface area contributed by atoms with Crippen LogP contribution in [-0.2, 0) is 9.59 Å². The van der Waals surface area contributed by atoms with E-state index in [0.717, 1.165) is 25.7 Å². The number of carboxylic acid groups (broad SMARTS) is 1. The lowest BCUT2D eigenvalue weighted by Gasteiger charge is -2.30. The summed E-state index contributed by atoms with van der Waals surface area (Å²) in [6.45, 7) is 4.64. The molecule has 0 aromatic carbocycles. The van der Waals surface area contributed by atoms with Crippen LogP contribution in [0.5, 0.6) is 0 Å². The van der Waals surface area contributed by atoms with Crippen LogP contribution in [0, 0.1) is 17.3 Å². The average molecular weight is 284 g/mol. The van der Waals surface area contributed by atoms with Gasteiger partial charge in [-0.05, 0) is 51.0 Å². The molecule has 0 radical (unpaired) electrons. The summed E-state index contributed by atoms with van der Waals surface area (Å²) in [7, 11) is 0. The lowest BCUT2D eigenvalue weighted by molar-refractivity contribution is -0.149. The van der Waals surface area contributed by atoms with E-state index in [9.17, 15) is 14.7 Å². The molecule has 0 spiro atoms. The maximum atomic E-state index is 12.2. The number of aliphatic carboxylic acids is 1. The Morgan fingerprint density at radius 2 is 1.75 bits per heavy atom. The first kappa shape index (κ1) is 17.0. The third kappa shape index (κ3) is 3.95. The van der Waals surface area contributed by atoms with Gasteiger partial charge in [0.2, 0.25) is 5.91 Å². The molecule has 1 amide bonds. The normalized spacial score (nSPS) is 23.4.